The lowest BCUT2D eigenvalue weighted by atomic mass is 10.2. The van der Waals surface area contributed by atoms with Crippen molar-refractivity contribution < 1.29 is 4.79 Å². The second kappa shape index (κ2) is 5.14. The summed E-state index contributed by atoms with van der Waals surface area (Å²) in [4.78, 5) is 17.4. The van der Waals surface area contributed by atoms with E-state index >= 15 is 0 Å². The lowest BCUT2D eigenvalue weighted by Crippen LogP contribution is -2.35. The molecule has 0 saturated carbocycles. The smallest absolute Gasteiger partial charge is 0.217 e. The molecule has 0 radical (unpaired) electrons. The maximum atomic E-state index is 11.0. The zero-order valence-corrected chi connectivity index (χ0v) is 10.0. The molecule has 1 saturated heterocycles. The number of aromatic nitrogens is 1. The van der Waals surface area contributed by atoms with Crippen molar-refractivity contribution >= 4 is 11.6 Å². The number of nitrogens with two attached hydrogens (primary N) is 1. The van der Waals surface area contributed by atoms with Gasteiger partial charge in [-0.3, -0.25) is 9.78 Å². The lowest BCUT2D eigenvalue weighted by molar-refractivity contribution is -0.119. The number of rotatable bonds is 3. The topological polar surface area (TPSA) is 71.2 Å². The molecule has 1 aliphatic heterocycles. The van der Waals surface area contributed by atoms with E-state index in [2.05, 4.69) is 15.2 Å². The number of nitrogens with zero attached hydrogens (tertiary/aromatic N) is 2. The molecule has 1 aromatic heterocycles. The normalized spacial score (nSPS) is 19.4. The Balaban J connectivity index is 2.01. The van der Waals surface area contributed by atoms with Crippen LogP contribution in [0.1, 0.15) is 19.0 Å². The van der Waals surface area contributed by atoms with Gasteiger partial charge in [-0.05, 0) is 18.6 Å². The van der Waals surface area contributed by atoms with Crippen LogP contribution in [0.2, 0.25) is 0 Å². The number of amides is 1. The highest BCUT2D eigenvalue weighted by atomic mass is 16.1. The Morgan fingerprint density at radius 3 is 3.24 bits per heavy atom. The summed E-state index contributed by atoms with van der Waals surface area (Å²) in [5.74, 6) is 0.0363. The third-order valence-electron chi connectivity index (χ3n) is 2.97. The summed E-state index contributed by atoms with van der Waals surface area (Å²) in [5, 5.41) is 2.95. The Hall–Kier alpha value is -1.62. The molecule has 1 aliphatic rings. The number of carbonyl (C=O) groups is 1. The van der Waals surface area contributed by atoms with Crippen LogP contribution < -0.4 is 16.0 Å². The maximum Gasteiger partial charge on any atom is 0.217 e. The zero-order valence-electron chi connectivity index (χ0n) is 10.0. The average molecular weight is 234 g/mol. The Bertz CT molecular complexity index is 407. The van der Waals surface area contributed by atoms with Gasteiger partial charge in [-0.2, -0.15) is 0 Å². The molecule has 1 unspecified atom stereocenters. The van der Waals surface area contributed by atoms with Gasteiger partial charge in [-0.1, -0.05) is 0 Å². The summed E-state index contributed by atoms with van der Waals surface area (Å²) in [5.41, 5.74) is 7.60. The summed E-state index contributed by atoms with van der Waals surface area (Å²) in [6.07, 6.45) is 2.77. The first kappa shape index (κ1) is 11.9. The molecule has 0 aliphatic carbocycles. The largest absolute Gasteiger partial charge is 0.369 e. The minimum atomic E-state index is 0.0363. The fourth-order valence-corrected chi connectivity index (χ4v) is 2.17. The molecule has 5 heteroatoms. The van der Waals surface area contributed by atoms with Gasteiger partial charge < -0.3 is 16.0 Å². The van der Waals surface area contributed by atoms with Crippen molar-refractivity contribution in [2.75, 3.05) is 18.0 Å². The summed E-state index contributed by atoms with van der Waals surface area (Å²) < 4.78 is 0. The van der Waals surface area contributed by atoms with E-state index in [1.807, 2.05) is 12.1 Å². The monoisotopic (exact) mass is 234 g/mol. The molecule has 92 valence electrons. The standard InChI is InChI=1S/C12H18N4O/c1-9(17)15-10-3-5-16(8-10)12-2-4-14-11(6-12)7-13/h2,4,6,10H,3,5,7-8,13H2,1H3,(H,15,17). The third kappa shape index (κ3) is 2.94. The highest BCUT2D eigenvalue weighted by molar-refractivity contribution is 5.73. The molecule has 1 atom stereocenters. The van der Waals surface area contributed by atoms with Gasteiger partial charge >= 0.3 is 0 Å². The van der Waals surface area contributed by atoms with Crippen molar-refractivity contribution in [1.82, 2.24) is 10.3 Å². The van der Waals surface area contributed by atoms with E-state index in [0.29, 0.717) is 6.54 Å². The Morgan fingerprint density at radius 2 is 2.53 bits per heavy atom. The van der Waals surface area contributed by atoms with Crippen molar-refractivity contribution in [2.24, 2.45) is 5.73 Å². The molecule has 3 N–H and O–H groups in total. The van der Waals surface area contributed by atoms with Gasteiger partial charge in [0, 0.05) is 44.5 Å². The molecule has 1 aromatic rings. The molecule has 2 heterocycles. The SMILES string of the molecule is CC(=O)NC1CCN(c2ccnc(CN)c2)C1. The first-order valence-electron chi connectivity index (χ1n) is 5.86. The van der Waals surface area contributed by atoms with E-state index in [9.17, 15) is 4.79 Å². The third-order valence-corrected chi connectivity index (χ3v) is 2.97. The van der Waals surface area contributed by atoms with E-state index in [4.69, 9.17) is 5.73 Å². The molecule has 1 fully saturated rings. The first-order chi connectivity index (χ1) is 8.19. The molecule has 0 bridgehead atoms. The molecule has 0 spiro atoms. The van der Waals surface area contributed by atoms with Crippen molar-refractivity contribution in [1.29, 1.82) is 0 Å². The molecule has 1 amide bonds. The van der Waals surface area contributed by atoms with Gasteiger partial charge in [0.1, 0.15) is 0 Å². The first-order valence-corrected chi connectivity index (χ1v) is 5.86. The van der Waals surface area contributed by atoms with Gasteiger partial charge in [0.15, 0.2) is 0 Å². The van der Waals surface area contributed by atoms with Crippen molar-refractivity contribution in [3.8, 4) is 0 Å². The molecular weight excluding hydrogens is 216 g/mol. The van der Waals surface area contributed by atoms with E-state index in [-0.39, 0.29) is 11.9 Å². The second-order valence-corrected chi connectivity index (χ2v) is 4.34. The van der Waals surface area contributed by atoms with Crippen LogP contribution in [0.5, 0.6) is 0 Å². The molecule has 2 rings (SSSR count). The number of hydrogen-bond acceptors (Lipinski definition) is 4. The maximum absolute atomic E-state index is 11.0. The van der Waals surface area contributed by atoms with Crippen LogP contribution in [0.25, 0.3) is 0 Å². The minimum Gasteiger partial charge on any atom is -0.369 e. The van der Waals surface area contributed by atoms with Gasteiger partial charge in [0.05, 0.1) is 5.69 Å². The van der Waals surface area contributed by atoms with Crippen LogP contribution in [-0.2, 0) is 11.3 Å². The van der Waals surface area contributed by atoms with Crippen LogP contribution in [0.15, 0.2) is 18.3 Å². The van der Waals surface area contributed by atoms with Crippen molar-refractivity contribution in [3.05, 3.63) is 24.0 Å². The summed E-state index contributed by atoms with van der Waals surface area (Å²) in [6, 6.07) is 4.24. The van der Waals surface area contributed by atoms with E-state index < -0.39 is 0 Å². The predicted octanol–water partition coefficient (Wildman–Crippen LogP) is 0.255. The second-order valence-electron chi connectivity index (χ2n) is 4.34. The van der Waals surface area contributed by atoms with Crippen LogP contribution in [0, 0.1) is 0 Å². The highest BCUT2D eigenvalue weighted by Gasteiger charge is 2.23. The van der Waals surface area contributed by atoms with Gasteiger partial charge in [-0.25, -0.2) is 0 Å². The van der Waals surface area contributed by atoms with Crippen LogP contribution >= 0.6 is 0 Å². The lowest BCUT2D eigenvalue weighted by Gasteiger charge is -2.19. The summed E-state index contributed by atoms with van der Waals surface area (Å²) >= 11 is 0. The minimum absolute atomic E-state index is 0.0363. The van der Waals surface area contributed by atoms with E-state index in [1.165, 1.54) is 0 Å². The molecule has 0 aromatic carbocycles. The fraction of sp³-hybridized carbons (Fsp3) is 0.500. The van der Waals surface area contributed by atoms with Gasteiger partial charge in [-0.15, -0.1) is 0 Å². The Morgan fingerprint density at radius 1 is 1.71 bits per heavy atom. The van der Waals surface area contributed by atoms with Gasteiger partial charge in [0.2, 0.25) is 5.91 Å². The molecular formula is C12H18N4O. The van der Waals surface area contributed by atoms with Crippen molar-refractivity contribution in [3.63, 3.8) is 0 Å². The van der Waals surface area contributed by atoms with Crippen LogP contribution in [0.4, 0.5) is 5.69 Å². The predicted molar refractivity (Wildman–Crippen MR) is 66.6 cm³/mol. The number of hydrogen-bond donors (Lipinski definition) is 2. The quantitative estimate of drug-likeness (QED) is 0.786. The van der Waals surface area contributed by atoms with Gasteiger partial charge in [0.25, 0.3) is 0 Å². The fourth-order valence-electron chi connectivity index (χ4n) is 2.17. The number of anilines is 1. The highest BCUT2D eigenvalue weighted by Crippen LogP contribution is 2.20. The average Bonchev–Trinajstić information content (AvgIpc) is 2.77. The van der Waals surface area contributed by atoms with Crippen LogP contribution in [-0.4, -0.2) is 30.0 Å². The zero-order chi connectivity index (χ0) is 12.3. The Labute approximate surface area is 101 Å². The Kier molecular flexibility index (Phi) is 3.58. The van der Waals surface area contributed by atoms with Crippen LogP contribution in [0.3, 0.4) is 0 Å². The number of pyridine rings is 1. The van der Waals surface area contributed by atoms with E-state index in [1.54, 1.807) is 13.1 Å². The van der Waals surface area contributed by atoms with Crippen molar-refractivity contribution in [2.45, 2.75) is 25.9 Å². The number of nitrogens with one attached hydrogen (secondary N) is 1. The summed E-state index contributed by atoms with van der Waals surface area (Å²) in [7, 11) is 0. The molecule has 17 heavy (non-hydrogen) atoms. The molecule has 5 nitrogen and oxygen atoms in total. The number of carbonyl (C=O) groups excluding carboxylic acids is 1. The van der Waals surface area contributed by atoms with E-state index in [0.717, 1.165) is 30.9 Å². The summed E-state index contributed by atoms with van der Waals surface area (Å²) in [6.45, 7) is 3.82.